The Morgan fingerprint density at radius 1 is 1.00 bits per heavy atom. The van der Waals surface area contributed by atoms with Crippen molar-refractivity contribution in [3.63, 3.8) is 0 Å². The zero-order valence-corrected chi connectivity index (χ0v) is 19.8. The summed E-state index contributed by atoms with van der Waals surface area (Å²) < 4.78 is 48.9. The van der Waals surface area contributed by atoms with Gasteiger partial charge in [-0.05, 0) is 43.2 Å². The number of esters is 1. The number of halogens is 3. The van der Waals surface area contributed by atoms with Crippen LogP contribution in [0.5, 0.6) is 5.75 Å². The molecule has 0 spiro atoms. The van der Waals surface area contributed by atoms with Crippen molar-refractivity contribution in [3.8, 4) is 5.75 Å². The van der Waals surface area contributed by atoms with Crippen LogP contribution in [0.3, 0.4) is 0 Å². The number of benzene rings is 2. The fourth-order valence-electron chi connectivity index (χ4n) is 3.57. The number of amides is 3. The van der Waals surface area contributed by atoms with E-state index in [1.807, 2.05) is 0 Å². The van der Waals surface area contributed by atoms with E-state index in [9.17, 15) is 32.3 Å². The highest BCUT2D eigenvalue weighted by molar-refractivity contribution is 5.95. The van der Waals surface area contributed by atoms with E-state index in [1.165, 1.54) is 24.3 Å². The van der Waals surface area contributed by atoms with Gasteiger partial charge in [0.15, 0.2) is 13.2 Å². The van der Waals surface area contributed by atoms with Crippen LogP contribution in [0, 0.1) is 0 Å². The van der Waals surface area contributed by atoms with Crippen LogP contribution in [-0.4, -0.2) is 61.4 Å². The normalized spacial score (nSPS) is 13.3. The molecule has 0 unspecified atom stereocenters. The molecule has 198 valence electrons. The van der Waals surface area contributed by atoms with Crippen molar-refractivity contribution < 1.29 is 41.8 Å². The van der Waals surface area contributed by atoms with Crippen molar-refractivity contribution in [2.45, 2.75) is 25.4 Å². The molecule has 0 radical (unpaired) electrons. The number of alkyl halides is 3. The summed E-state index contributed by atoms with van der Waals surface area (Å²) in [5.74, 6) is -2.00. The molecule has 0 aromatic heterocycles. The van der Waals surface area contributed by atoms with E-state index in [0.29, 0.717) is 25.9 Å². The van der Waals surface area contributed by atoms with Crippen molar-refractivity contribution in [2.75, 3.05) is 38.2 Å². The fraction of sp³-hybridized carbons (Fsp3) is 0.360. The maximum absolute atomic E-state index is 12.8. The van der Waals surface area contributed by atoms with Crippen LogP contribution in [0.1, 0.15) is 35.2 Å². The lowest BCUT2D eigenvalue weighted by Crippen LogP contribution is -2.33. The van der Waals surface area contributed by atoms with Crippen molar-refractivity contribution >= 4 is 29.4 Å². The molecule has 0 saturated carbocycles. The number of ether oxygens (including phenoxy) is 2. The Morgan fingerprint density at radius 3 is 2.51 bits per heavy atom. The van der Waals surface area contributed by atoms with E-state index in [-0.39, 0.29) is 22.9 Å². The van der Waals surface area contributed by atoms with Crippen molar-refractivity contribution in [1.29, 1.82) is 0 Å². The molecule has 1 fully saturated rings. The summed E-state index contributed by atoms with van der Waals surface area (Å²) in [4.78, 5) is 49.9. The van der Waals surface area contributed by atoms with Crippen molar-refractivity contribution in [3.05, 3.63) is 59.7 Å². The number of carbonyl (C=O) groups excluding carboxylic acids is 4. The van der Waals surface area contributed by atoms with Gasteiger partial charge in [0.25, 0.3) is 11.8 Å². The number of hydrogen-bond donors (Lipinski definition) is 2. The van der Waals surface area contributed by atoms with E-state index in [2.05, 4.69) is 10.6 Å². The van der Waals surface area contributed by atoms with Gasteiger partial charge in [-0.1, -0.05) is 18.2 Å². The summed E-state index contributed by atoms with van der Waals surface area (Å²) in [5.41, 5.74) is -1.01. The minimum absolute atomic E-state index is 0.00220. The molecule has 9 nitrogen and oxygen atoms in total. The van der Waals surface area contributed by atoms with Crippen molar-refractivity contribution in [2.24, 2.45) is 0 Å². The van der Waals surface area contributed by atoms with Crippen LogP contribution in [0.2, 0.25) is 0 Å². The molecule has 2 N–H and O–H groups in total. The molecule has 1 aliphatic rings. The van der Waals surface area contributed by atoms with Crippen LogP contribution < -0.4 is 15.4 Å². The molecular weight excluding hydrogens is 495 g/mol. The Kier molecular flexibility index (Phi) is 9.47. The zero-order valence-electron chi connectivity index (χ0n) is 19.8. The standard InChI is InChI=1S/C25H26F3N3O6/c26-25(27,28)17-6-3-7-18(14-17)30-22(33)16-36-20-9-2-1-8-19(20)24(35)37-15-21(32)29-11-5-13-31-12-4-10-23(31)34/h1-3,6-9,14H,4-5,10-13,15-16H2,(H,29,32)(H,30,33). The summed E-state index contributed by atoms with van der Waals surface area (Å²) >= 11 is 0. The third kappa shape index (κ3) is 8.51. The first-order chi connectivity index (χ1) is 17.6. The highest BCUT2D eigenvalue weighted by Crippen LogP contribution is 2.30. The molecule has 0 atom stereocenters. The second-order valence-electron chi connectivity index (χ2n) is 8.18. The van der Waals surface area contributed by atoms with Gasteiger partial charge in [0.05, 0.1) is 5.56 Å². The summed E-state index contributed by atoms with van der Waals surface area (Å²) in [6.45, 7) is 0.469. The number of likely N-dealkylation sites (tertiary alicyclic amines) is 1. The summed E-state index contributed by atoms with van der Waals surface area (Å²) in [7, 11) is 0. The topological polar surface area (TPSA) is 114 Å². The Morgan fingerprint density at radius 2 is 1.78 bits per heavy atom. The van der Waals surface area contributed by atoms with Gasteiger partial charge >= 0.3 is 12.1 Å². The lowest BCUT2D eigenvalue weighted by atomic mass is 10.2. The molecule has 1 saturated heterocycles. The molecule has 1 aliphatic heterocycles. The number of para-hydroxylation sites is 1. The second kappa shape index (κ2) is 12.7. The zero-order chi connectivity index (χ0) is 26.8. The molecule has 0 aliphatic carbocycles. The smallest absolute Gasteiger partial charge is 0.416 e. The van der Waals surface area contributed by atoms with Crippen LogP contribution >= 0.6 is 0 Å². The molecular formula is C25H26F3N3O6. The molecule has 0 bridgehead atoms. The molecule has 3 rings (SSSR count). The Balaban J connectivity index is 1.43. The average molecular weight is 521 g/mol. The van der Waals surface area contributed by atoms with Gasteiger partial charge in [0.1, 0.15) is 11.3 Å². The van der Waals surface area contributed by atoms with E-state index >= 15 is 0 Å². The molecule has 2 aromatic carbocycles. The Hall–Kier alpha value is -4.09. The molecule has 37 heavy (non-hydrogen) atoms. The van der Waals surface area contributed by atoms with Gasteiger partial charge in [0, 0.05) is 31.7 Å². The second-order valence-corrected chi connectivity index (χ2v) is 8.18. The summed E-state index contributed by atoms with van der Waals surface area (Å²) in [5, 5.41) is 4.91. The van der Waals surface area contributed by atoms with E-state index in [0.717, 1.165) is 31.2 Å². The molecule has 1 heterocycles. The number of carbonyl (C=O) groups is 4. The Bertz CT molecular complexity index is 1140. The average Bonchev–Trinajstić information content (AvgIpc) is 3.28. The van der Waals surface area contributed by atoms with E-state index in [4.69, 9.17) is 9.47 Å². The number of nitrogens with one attached hydrogen (secondary N) is 2. The molecule has 12 heteroatoms. The van der Waals surface area contributed by atoms with Gasteiger partial charge in [0.2, 0.25) is 5.91 Å². The maximum atomic E-state index is 12.8. The van der Waals surface area contributed by atoms with Gasteiger partial charge in [-0.15, -0.1) is 0 Å². The first-order valence-electron chi connectivity index (χ1n) is 11.5. The summed E-state index contributed by atoms with van der Waals surface area (Å²) in [6, 6.07) is 10.0. The predicted octanol–water partition coefficient (Wildman–Crippen LogP) is 3.01. The lowest BCUT2D eigenvalue weighted by Gasteiger charge is -2.15. The van der Waals surface area contributed by atoms with Gasteiger partial charge in [-0.25, -0.2) is 4.79 Å². The molecule has 3 amide bonds. The maximum Gasteiger partial charge on any atom is 0.416 e. The highest BCUT2D eigenvalue weighted by atomic mass is 19.4. The van der Waals surface area contributed by atoms with Crippen molar-refractivity contribution in [1.82, 2.24) is 10.2 Å². The van der Waals surface area contributed by atoms with E-state index in [1.54, 1.807) is 11.0 Å². The highest BCUT2D eigenvalue weighted by Gasteiger charge is 2.30. The largest absolute Gasteiger partial charge is 0.483 e. The van der Waals surface area contributed by atoms with Gasteiger partial charge < -0.3 is 25.0 Å². The predicted molar refractivity (Wildman–Crippen MR) is 126 cm³/mol. The summed E-state index contributed by atoms with van der Waals surface area (Å²) in [6.07, 6.45) is -2.59. The third-order valence-corrected chi connectivity index (χ3v) is 5.37. The van der Waals surface area contributed by atoms with Gasteiger partial charge in [-0.2, -0.15) is 13.2 Å². The van der Waals surface area contributed by atoms with Gasteiger partial charge in [-0.3, -0.25) is 14.4 Å². The monoisotopic (exact) mass is 521 g/mol. The minimum Gasteiger partial charge on any atom is -0.483 e. The van der Waals surface area contributed by atoms with Crippen LogP contribution in [-0.2, 0) is 25.3 Å². The van der Waals surface area contributed by atoms with E-state index < -0.39 is 42.7 Å². The number of rotatable bonds is 11. The lowest BCUT2D eigenvalue weighted by molar-refractivity contribution is -0.137. The number of anilines is 1. The van der Waals surface area contributed by atoms with Crippen LogP contribution in [0.25, 0.3) is 0 Å². The number of nitrogens with zero attached hydrogens (tertiary/aromatic N) is 1. The number of hydrogen-bond acceptors (Lipinski definition) is 6. The fourth-order valence-corrected chi connectivity index (χ4v) is 3.57. The van der Waals surface area contributed by atoms with Crippen LogP contribution in [0.4, 0.5) is 18.9 Å². The Labute approximate surface area is 210 Å². The quantitative estimate of drug-likeness (QED) is 0.347. The third-order valence-electron chi connectivity index (χ3n) is 5.37. The van der Waals surface area contributed by atoms with Crippen LogP contribution in [0.15, 0.2) is 48.5 Å². The minimum atomic E-state index is -4.55. The first kappa shape index (κ1) is 27.5. The first-order valence-corrected chi connectivity index (χ1v) is 11.5. The molecule has 2 aromatic rings. The SMILES string of the molecule is O=C(COC(=O)c1ccccc1OCC(=O)Nc1cccc(C(F)(F)F)c1)NCCCN1CCCC1=O.